The van der Waals surface area contributed by atoms with E-state index >= 15 is 0 Å². The van der Waals surface area contributed by atoms with Crippen LogP contribution in [0, 0.1) is 0 Å². The molecule has 3 rings (SSSR count). The molecule has 1 heterocycles. The van der Waals surface area contributed by atoms with Gasteiger partial charge in [0.1, 0.15) is 17.9 Å². The van der Waals surface area contributed by atoms with Crippen molar-refractivity contribution in [3.8, 4) is 5.75 Å². The second-order valence-corrected chi connectivity index (χ2v) is 4.97. The summed E-state index contributed by atoms with van der Waals surface area (Å²) >= 11 is 5.89. The molecule has 0 atom stereocenters. The van der Waals surface area contributed by atoms with E-state index in [1.807, 2.05) is 24.3 Å². The first-order chi connectivity index (χ1) is 10.1. The van der Waals surface area contributed by atoms with Crippen LogP contribution in [0.15, 0.2) is 52.9 Å². The molecule has 2 aromatic carbocycles. The molecule has 1 N–H and O–H groups in total. The van der Waals surface area contributed by atoms with Crippen molar-refractivity contribution < 1.29 is 19.1 Å². The highest BCUT2D eigenvalue weighted by Crippen LogP contribution is 2.22. The summed E-state index contributed by atoms with van der Waals surface area (Å²) < 4.78 is 10.8. The quantitative estimate of drug-likeness (QED) is 0.777. The summed E-state index contributed by atoms with van der Waals surface area (Å²) in [6.07, 6.45) is 0. The Hall–Kier alpha value is -2.46. The lowest BCUT2D eigenvalue weighted by Gasteiger charge is -2.06. The predicted octanol–water partition coefficient (Wildman–Crippen LogP) is 4.36. The average molecular weight is 303 g/mol. The van der Waals surface area contributed by atoms with Gasteiger partial charge in [0.05, 0.1) is 0 Å². The lowest BCUT2D eigenvalue weighted by molar-refractivity contribution is 0.0665. The van der Waals surface area contributed by atoms with Crippen molar-refractivity contribution in [2.45, 2.75) is 6.61 Å². The van der Waals surface area contributed by atoms with E-state index in [4.69, 9.17) is 25.9 Å². The van der Waals surface area contributed by atoms with E-state index < -0.39 is 5.97 Å². The highest BCUT2D eigenvalue weighted by molar-refractivity contribution is 6.30. The van der Waals surface area contributed by atoms with E-state index in [2.05, 4.69) is 0 Å². The average Bonchev–Trinajstić information content (AvgIpc) is 2.88. The Bertz CT molecular complexity index is 807. The molecule has 0 unspecified atom stereocenters. The zero-order valence-electron chi connectivity index (χ0n) is 10.9. The lowest BCUT2D eigenvalue weighted by Crippen LogP contribution is -1.94. The van der Waals surface area contributed by atoms with Crippen LogP contribution in [0.5, 0.6) is 5.75 Å². The normalized spacial score (nSPS) is 10.7. The number of hydrogen-bond acceptors (Lipinski definition) is 3. The molecular weight excluding hydrogens is 292 g/mol. The Morgan fingerprint density at radius 2 is 2.05 bits per heavy atom. The fraction of sp³-hybridized carbons (Fsp3) is 0.0625. The van der Waals surface area contributed by atoms with Crippen molar-refractivity contribution in [2.24, 2.45) is 0 Å². The lowest BCUT2D eigenvalue weighted by atomic mass is 10.1. The Labute approximate surface area is 125 Å². The molecule has 0 saturated heterocycles. The maximum atomic E-state index is 10.9. The van der Waals surface area contributed by atoms with Crippen LogP contribution >= 0.6 is 11.6 Å². The molecule has 3 aromatic rings. The van der Waals surface area contributed by atoms with E-state index in [0.717, 1.165) is 10.9 Å². The maximum Gasteiger partial charge on any atom is 0.371 e. The number of furan rings is 1. The van der Waals surface area contributed by atoms with Gasteiger partial charge in [-0.05, 0) is 42.0 Å². The number of rotatable bonds is 4. The highest BCUT2D eigenvalue weighted by atomic mass is 35.5. The summed E-state index contributed by atoms with van der Waals surface area (Å²) in [5.74, 6) is -0.471. The van der Waals surface area contributed by atoms with Gasteiger partial charge >= 0.3 is 5.97 Å². The molecule has 1 aromatic heterocycles. The number of hydrogen-bond donors (Lipinski definition) is 1. The zero-order valence-corrected chi connectivity index (χ0v) is 11.6. The SMILES string of the molecule is O=C(O)c1cc2cc(COc3cccc(Cl)c3)ccc2o1. The Morgan fingerprint density at radius 1 is 1.19 bits per heavy atom. The number of benzene rings is 2. The van der Waals surface area contributed by atoms with Gasteiger partial charge in [-0.25, -0.2) is 4.79 Å². The molecule has 0 spiro atoms. The molecule has 0 fully saturated rings. The van der Waals surface area contributed by atoms with Crippen LogP contribution in [0.3, 0.4) is 0 Å². The molecule has 106 valence electrons. The first-order valence-electron chi connectivity index (χ1n) is 6.26. The van der Waals surface area contributed by atoms with Gasteiger partial charge in [0.2, 0.25) is 5.76 Å². The van der Waals surface area contributed by atoms with E-state index in [0.29, 0.717) is 23.0 Å². The maximum absolute atomic E-state index is 10.9. The molecule has 0 amide bonds. The molecule has 0 radical (unpaired) electrons. The van der Waals surface area contributed by atoms with Crippen molar-refractivity contribution in [1.29, 1.82) is 0 Å². The first kappa shape index (κ1) is 13.5. The van der Waals surface area contributed by atoms with Crippen molar-refractivity contribution >= 4 is 28.5 Å². The minimum Gasteiger partial charge on any atom is -0.489 e. The van der Waals surface area contributed by atoms with Gasteiger partial charge in [-0.15, -0.1) is 0 Å². The van der Waals surface area contributed by atoms with Gasteiger partial charge in [0.25, 0.3) is 0 Å². The van der Waals surface area contributed by atoms with Crippen molar-refractivity contribution in [2.75, 3.05) is 0 Å². The second-order valence-electron chi connectivity index (χ2n) is 4.53. The van der Waals surface area contributed by atoms with Gasteiger partial charge in [-0.1, -0.05) is 23.7 Å². The number of carbonyl (C=O) groups is 1. The van der Waals surface area contributed by atoms with Gasteiger partial charge in [-0.3, -0.25) is 0 Å². The Balaban J connectivity index is 1.79. The second kappa shape index (κ2) is 5.50. The van der Waals surface area contributed by atoms with Gasteiger partial charge < -0.3 is 14.3 Å². The van der Waals surface area contributed by atoms with Gasteiger partial charge in [-0.2, -0.15) is 0 Å². The summed E-state index contributed by atoms with van der Waals surface area (Å²) in [5.41, 5.74) is 1.46. The number of halogens is 1. The summed E-state index contributed by atoms with van der Waals surface area (Å²) in [7, 11) is 0. The molecule has 0 aliphatic heterocycles. The number of fused-ring (bicyclic) bond motifs is 1. The molecular formula is C16H11ClO4. The molecule has 0 aliphatic rings. The largest absolute Gasteiger partial charge is 0.489 e. The first-order valence-corrected chi connectivity index (χ1v) is 6.64. The Morgan fingerprint density at radius 3 is 2.81 bits per heavy atom. The van der Waals surface area contributed by atoms with E-state index in [1.165, 1.54) is 6.07 Å². The smallest absolute Gasteiger partial charge is 0.371 e. The summed E-state index contributed by atoms with van der Waals surface area (Å²) in [4.78, 5) is 10.9. The summed E-state index contributed by atoms with van der Waals surface area (Å²) in [6.45, 7) is 0.365. The number of carboxylic acids is 1. The van der Waals surface area contributed by atoms with Crippen LogP contribution in [0.1, 0.15) is 16.1 Å². The van der Waals surface area contributed by atoms with Crippen LogP contribution in [0.2, 0.25) is 5.02 Å². The molecule has 4 nitrogen and oxygen atoms in total. The minimum atomic E-state index is -1.08. The van der Waals surface area contributed by atoms with Crippen LogP contribution < -0.4 is 4.74 Å². The fourth-order valence-electron chi connectivity index (χ4n) is 2.01. The number of aromatic carboxylic acids is 1. The number of ether oxygens (including phenoxy) is 1. The molecule has 0 aliphatic carbocycles. The van der Waals surface area contributed by atoms with E-state index in [-0.39, 0.29) is 5.76 Å². The third kappa shape index (κ3) is 3.01. The topological polar surface area (TPSA) is 59.7 Å². The predicted molar refractivity (Wildman–Crippen MR) is 79.0 cm³/mol. The minimum absolute atomic E-state index is 0.0714. The monoisotopic (exact) mass is 302 g/mol. The highest BCUT2D eigenvalue weighted by Gasteiger charge is 2.10. The Kier molecular flexibility index (Phi) is 3.54. The number of carboxylic acid groups (broad SMARTS) is 1. The third-order valence-electron chi connectivity index (χ3n) is 2.99. The molecule has 5 heteroatoms. The molecule has 0 bridgehead atoms. The van der Waals surface area contributed by atoms with Crippen LogP contribution in [-0.4, -0.2) is 11.1 Å². The molecule has 0 saturated carbocycles. The zero-order chi connectivity index (χ0) is 14.8. The van der Waals surface area contributed by atoms with E-state index in [9.17, 15) is 4.79 Å². The van der Waals surface area contributed by atoms with Gasteiger partial charge in [0.15, 0.2) is 0 Å². The standard InChI is InChI=1S/C16H11ClO4/c17-12-2-1-3-13(8-12)20-9-10-4-5-14-11(6-10)7-15(21-14)16(18)19/h1-8H,9H2,(H,18,19). The van der Waals surface area contributed by atoms with Gasteiger partial charge in [0, 0.05) is 10.4 Å². The van der Waals surface area contributed by atoms with Crippen molar-refractivity contribution in [3.63, 3.8) is 0 Å². The van der Waals surface area contributed by atoms with Crippen molar-refractivity contribution in [1.82, 2.24) is 0 Å². The van der Waals surface area contributed by atoms with Crippen LogP contribution in [0.4, 0.5) is 0 Å². The fourth-order valence-corrected chi connectivity index (χ4v) is 2.19. The molecule has 21 heavy (non-hydrogen) atoms. The van der Waals surface area contributed by atoms with Crippen molar-refractivity contribution in [3.05, 3.63) is 64.9 Å². The summed E-state index contributed by atoms with van der Waals surface area (Å²) in [6, 6.07) is 14.1. The van der Waals surface area contributed by atoms with E-state index in [1.54, 1.807) is 18.2 Å². The third-order valence-corrected chi connectivity index (χ3v) is 3.23. The van der Waals surface area contributed by atoms with Crippen LogP contribution in [-0.2, 0) is 6.61 Å². The summed E-state index contributed by atoms with van der Waals surface area (Å²) in [5, 5.41) is 10.3. The van der Waals surface area contributed by atoms with Crippen LogP contribution in [0.25, 0.3) is 11.0 Å².